The zero-order valence-electron chi connectivity index (χ0n) is 12.0. The normalized spacial score (nSPS) is 10.9. The highest BCUT2D eigenvalue weighted by atomic mass is 16.1. The summed E-state index contributed by atoms with van der Waals surface area (Å²) in [5.41, 5.74) is 4.97. The number of benzene rings is 2. The highest BCUT2D eigenvalue weighted by Gasteiger charge is 2.15. The molecular weight excluding hydrogens is 246 g/mol. The Bertz CT molecular complexity index is 794. The van der Waals surface area contributed by atoms with Crippen molar-refractivity contribution >= 4 is 16.7 Å². The molecule has 3 aromatic rings. The quantitative estimate of drug-likeness (QED) is 0.640. The summed E-state index contributed by atoms with van der Waals surface area (Å²) in [5, 5.41) is 1.02. The molecule has 0 fully saturated rings. The van der Waals surface area contributed by atoms with Crippen LogP contribution in [0.1, 0.15) is 27.0 Å². The van der Waals surface area contributed by atoms with Crippen molar-refractivity contribution in [3.63, 3.8) is 0 Å². The fourth-order valence-electron chi connectivity index (χ4n) is 2.54. The largest absolute Gasteiger partial charge is 0.350 e. The van der Waals surface area contributed by atoms with Crippen LogP contribution in [0, 0.1) is 13.8 Å². The molecule has 1 aromatic heterocycles. The van der Waals surface area contributed by atoms with Crippen molar-refractivity contribution < 1.29 is 4.79 Å². The number of ketones is 1. The smallest absolute Gasteiger partial charge is 0.195 e. The van der Waals surface area contributed by atoms with Crippen LogP contribution in [-0.2, 0) is 7.05 Å². The number of aryl methyl sites for hydroxylation is 3. The number of hydrogen-bond donors (Lipinski definition) is 0. The molecule has 2 nitrogen and oxygen atoms in total. The average molecular weight is 263 g/mol. The minimum absolute atomic E-state index is 0.0828. The first-order valence-electron chi connectivity index (χ1n) is 6.73. The molecule has 0 bridgehead atoms. The first kappa shape index (κ1) is 12.7. The van der Waals surface area contributed by atoms with Crippen LogP contribution in [-0.4, -0.2) is 10.4 Å². The second-order valence-electron chi connectivity index (χ2n) is 5.37. The molecule has 0 spiro atoms. The third kappa shape index (κ3) is 2.03. The Hall–Kier alpha value is -2.35. The van der Waals surface area contributed by atoms with Crippen molar-refractivity contribution in [2.24, 2.45) is 7.05 Å². The van der Waals surface area contributed by atoms with Gasteiger partial charge >= 0.3 is 0 Å². The van der Waals surface area contributed by atoms with Gasteiger partial charge in [0.25, 0.3) is 0 Å². The Kier molecular flexibility index (Phi) is 2.94. The third-order valence-electron chi connectivity index (χ3n) is 3.70. The monoisotopic (exact) mass is 263 g/mol. The Balaban J connectivity index is 2.15. The lowest BCUT2D eigenvalue weighted by molar-refractivity contribution is 0.104. The van der Waals surface area contributed by atoms with Crippen molar-refractivity contribution in [1.82, 2.24) is 4.57 Å². The van der Waals surface area contributed by atoms with Crippen molar-refractivity contribution in [1.29, 1.82) is 0 Å². The standard InChI is InChI=1S/C18H17NO/c1-12-4-7-14(8-5-12)18(20)16-11-19(3)17-10-13(2)6-9-15(16)17/h4-11H,1-3H3. The maximum Gasteiger partial charge on any atom is 0.195 e. The Labute approximate surface area is 118 Å². The molecule has 0 aliphatic carbocycles. The molecule has 2 heteroatoms. The zero-order valence-corrected chi connectivity index (χ0v) is 12.0. The van der Waals surface area contributed by atoms with Crippen LogP contribution in [0.2, 0.25) is 0 Å². The van der Waals surface area contributed by atoms with E-state index in [0.717, 1.165) is 27.6 Å². The first-order valence-corrected chi connectivity index (χ1v) is 6.73. The number of carbonyl (C=O) groups excluding carboxylic acids is 1. The van der Waals surface area contributed by atoms with Gasteiger partial charge in [-0.3, -0.25) is 4.79 Å². The van der Waals surface area contributed by atoms with Gasteiger partial charge in [-0.1, -0.05) is 42.0 Å². The Morgan fingerprint density at radius 1 is 0.950 bits per heavy atom. The molecule has 100 valence electrons. The van der Waals surface area contributed by atoms with Crippen molar-refractivity contribution in [2.75, 3.05) is 0 Å². The van der Waals surface area contributed by atoms with Crippen LogP contribution in [0.4, 0.5) is 0 Å². The predicted octanol–water partition coefficient (Wildman–Crippen LogP) is 4.03. The lowest BCUT2D eigenvalue weighted by atomic mass is 10.0. The second kappa shape index (κ2) is 4.64. The van der Waals surface area contributed by atoms with Crippen LogP contribution < -0.4 is 0 Å². The van der Waals surface area contributed by atoms with E-state index in [9.17, 15) is 4.79 Å². The molecule has 0 N–H and O–H groups in total. The van der Waals surface area contributed by atoms with Gasteiger partial charge in [0.2, 0.25) is 0 Å². The predicted molar refractivity (Wildman–Crippen MR) is 82.3 cm³/mol. The highest BCUT2D eigenvalue weighted by molar-refractivity contribution is 6.16. The molecule has 0 radical (unpaired) electrons. The topological polar surface area (TPSA) is 22.0 Å². The molecule has 2 aromatic carbocycles. The summed E-state index contributed by atoms with van der Waals surface area (Å²) in [6.45, 7) is 4.09. The lowest BCUT2D eigenvalue weighted by Crippen LogP contribution is -2.00. The van der Waals surface area contributed by atoms with Gasteiger partial charge in [-0.25, -0.2) is 0 Å². The van der Waals surface area contributed by atoms with Gasteiger partial charge in [-0.15, -0.1) is 0 Å². The summed E-state index contributed by atoms with van der Waals surface area (Å²) < 4.78 is 2.02. The van der Waals surface area contributed by atoms with Gasteiger partial charge in [0.1, 0.15) is 0 Å². The molecule has 0 unspecified atom stereocenters. The average Bonchev–Trinajstić information content (AvgIpc) is 2.76. The van der Waals surface area contributed by atoms with Crippen LogP contribution in [0.25, 0.3) is 10.9 Å². The van der Waals surface area contributed by atoms with E-state index in [-0.39, 0.29) is 5.78 Å². The second-order valence-corrected chi connectivity index (χ2v) is 5.37. The zero-order chi connectivity index (χ0) is 14.3. The molecule has 0 saturated carbocycles. The Morgan fingerprint density at radius 3 is 2.30 bits per heavy atom. The fourth-order valence-corrected chi connectivity index (χ4v) is 2.54. The summed E-state index contributed by atoms with van der Waals surface area (Å²) >= 11 is 0. The van der Waals surface area contributed by atoms with Crippen LogP contribution in [0.3, 0.4) is 0 Å². The molecule has 0 amide bonds. The molecule has 0 saturated heterocycles. The molecule has 0 aliphatic rings. The minimum atomic E-state index is 0.0828. The summed E-state index contributed by atoms with van der Waals surface area (Å²) in [6.07, 6.45) is 1.92. The van der Waals surface area contributed by atoms with Gasteiger partial charge in [-0.2, -0.15) is 0 Å². The maximum absolute atomic E-state index is 12.7. The van der Waals surface area contributed by atoms with Gasteiger partial charge in [0.15, 0.2) is 5.78 Å². The van der Waals surface area contributed by atoms with Gasteiger partial charge in [0, 0.05) is 35.3 Å². The van der Waals surface area contributed by atoms with Crippen LogP contribution >= 0.6 is 0 Å². The first-order chi connectivity index (χ1) is 9.56. The number of aromatic nitrogens is 1. The van der Waals surface area contributed by atoms with E-state index in [0.29, 0.717) is 0 Å². The van der Waals surface area contributed by atoms with Crippen molar-refractivity contribution in [2.45, 2.75) is 13.8 Å². The molecule has 0 aliphatic heterocycles. The highest BCUT2D eigenvalue weighted by Crippen LogP contribution is 2.24. The van der Waals surface area contributed by atoms with E-state index in [4.69, 9.17) is 0 Å². The number of rotatable bonds is 2. The molecule has 0 atom stereocenters. The summed E-state index contributed by atoms with van der Waals surface area (Å²) in [4.78, 5) is 12.7. The molecule has 1 heterocycles. The summed E-state index contributed by atoms with van der Waals surface area (Å²) in [7, 11) is 1.98. The van der Waals surface area contributed by atoms with Gasteiger partial charge < -0.3 is 4.57 Å². The van der Waals surface area contributed by atoms with Crippen molar-refractivity contribution in [3.8, 4) is 0 Å². The van der Waals surface area contributed by atoms with E-state index in [1.807, 2.05) is 61.1 Å². The van der Waals surface area contributed by atoms with Crippen molar-refractivity contribution in [3.05, 3.63) is 70.9 Å². The van der Waals surface area contributed by atoms with Gasteiger partial charge in [0.05, 0.1) is 0 Å². The third-order valence-corrected chi connectivity index (χ3v) is 3.70. The van der Waals surface area contributed by atoms with E-state index in [1.54, 1.807) is 0 Å². The molecule has 3 rings (SSSR count). The van der Waals surface area contributed by atoms with E-state index < -0.39 is 0 Å². The maximum atomic E-state index is 12.7. The van der Waals surface area contributed by atoms with E-state index in [2.05, 4.69) is 13.0 Å². The fraction of sp³-hybridized carbons (Fsp3) is 0.167. The van der Waals surface area contributed by atoms with E-state index >= 15 is 0 Å². The summed E-state index contributed by atoms with van der Waals surface area (Å²) in [5.74, 6) is 0.0828. The summed E-state index contributed by atoms with van der Waals surface area (Å²) in [6, 6.07) is 13.9. The number of fused-ring (bicyclic) bond motifs is 1. The number of carbonyl (C=O) groups is 1. The SMILES string of the molecule is Cc1ccc(C(=O)c2cn(C)c3cc(C)ccc23)cc1. The Morgan fingerprint density at radius 2 is 1.60 bits per heavy atom. The lowest BCUT2D eigenvalue weighted by Gasteiger charge is -2.01. The van der Waals surface area contributed by atoms with Gasteiger partial charge in [-0.05, 0) is 25.5 Å². The van der Waals surface area contributed by atoms with Crippen LogP contribution in [0.15, 0.2) is 48.7 Å². The van der Waals surface area contributed by atoms with Crippen LogP contribution in [0.5, 0.6) is 0 Å². The number of hydrogen-bond acceptors (Lipinski definition) is 1. The molecular formula is C18H17NO. The minimum Gasteiger partial charge on any atom is -0.350 e. The molecule has 20 heavy (non-hydrogen) atoms. The number of nitrogens with zero attached hydrogens (tertiary/aromatic N) is 1. The van der Waals surface area contributed by atoms with E-state index in [1.165, 1.54) is 5.56 Å².